The van der Waals surface area contributed by atoms with Crippen molar-refractivity contribution in [2.45, 2.75) is 19.3 Å². The van der Waals surface area contributed by atoms with Gasteiger partial charge in [-0.3, -0.25) is 0 Å². The van der Waals surface area contributed by atoms with Gasteiger partial charge in [-0.25, -0.2) is 0 Å². The van der Waals surface area contributed by atoms with Crippen LogP contribution in [0.3, 0.4) is 0 Å². The lowest BCUT2D eigenvalue weighted by atomic mass is 9.82. The summed E-state index contributed by atoms with van der Waals surface area (Å²) >= 11 is 1.90. The van der Waals surface area contributed by atoms with Gasteiger partial charge >= 0.3 is 0 Å². The lowest BCUT2D eigenvalue weighted by Gasteiger charge is -2.26. The Morgan fingerprint density at radius 2 is 0.922 bits per heavy atom. The lowest BCUT2D eigenvalue weighted by molar-refractivity contribution is 0.660. The molecule has 0 radical (unpaired) electrons. The van der Waals surface area contributed by atoms with Crippen molar-refractivity contribution in [3.63, 3.8) is 0 Å². The Labute approximate surface area is 375 Å². The van der Waals surface area contributed by atoms with Crippen LogP contribution in [0.4, 0.5) is 17.1 Å². The van der Waals surface area contributed by atoms with Gasteiger partial charge in [0.1, 0.15) is 11.2 Å². The first-order valence-electron chi connectivity index (χ1n) is 22.1. The van der Waals surface area contributed by atoms with Crippen molar-refractivity contribution in [2.75, 3.05) is 4.90 Å². The number of furan rings is 1. The molecule has 0 saturated heterocycles. The smallest absolute Gasteiger partial charge is 0.135 e. The number of hydrogen-bond donors (Lipinski definition) is 0. The van der Waals surface area contributed by atoms with Crippen molar-refractivity contribution in [3.8, 4) is 44.5 Å². The van der Waals surface area contributed by atoms with Gasteiger partial charge in [0, 0.05) is 53.4 Å². The van der Waals surface area contributed by atoms with Gasteiger partial charge in [0.15, 0.2) is 0 Å². The van der Waals surface area contributed by atoms with Crippen LogP contribution in [-0.4, -0.2) is 0 Å². The van der Waals surface area contributed by atoms with Crippen LogP contribution in [0.25, 0.3) is 97.4 Å². The average molecular weight is 836 g/mol. The first kappa shape index (κ1) is 36.9. The van der Waals surface area contributed by atoms with Gasteiger partial charge in [-0.2, -0.15) is 0 Å². The molecule has 0 fully saturated rings. The molecule has 0 atom stereocenters. The number of benzene rings is 10. The number of hydrogen-bond acceptors (Lipinski definition) is 3. The molecule has 2 aromatic heterocycles. The molecule has 0 N–H and O–H groups in total. The molecular weight excluding hydrogens is 795 g/mol. The third kappa shape index (κ3) is 5.64. The number of fused-ring (bicyclic) bond motifs is 11. The number of rotatable bonds is 6. The van der Waals surface area contributed by atoms with E-state index in [0.29, 0.717) is 0 Å². The molecule has 302 valence electrons. The van der Waals surface area contributed by atoms with E-state index >= 15 is 0 Å². The summed E-state index contributed by atoms with van der Waals surface area (Å²) < 4.78 is 8.83. The summed E-state index contributed by atoms with van der Waals surface area (Å²) in [6.07, 6.45) is 0. The molecular formula is C61H41NOS. The summed E-state index contributed by atoms with van der Waals surface area (Å²) in [6, 6.07) is 77.8. The fourth-order valence-corrected chi connectivity index (χ4v) is 11.9. The van der Waals surface area contributed by atoms with E-state index in [4.69, 9.17) is 4.42 Å². The predicted octanol–water partition coefficient (Wildman–Crippen LogP) is 17.9. The van der Waals surface area contributed by atoms with Gasteiger partial charge < -0.3 is 9.32 Å². The second-order valence-corrected chi connectivity index (χ2v) is 18.7. The molecule has 0 amide bonds. The number of anilines is 3. The lowest BCUT2D eigenvalue weighted by Crippen LogP contribution is -2.14. The third-order valence-corrected chi connectivity index (χ3v) is 15.0. The van der Waals surface area contributed by atoms with Crippen molar-refractivity contribution in [2.24, 2.45) is 0 Å². The summed E-state index contributed by atoms with van der Waals surface area (Å²) in [6.45, 7) is 4.70. The number of para-hydroxylation sites is 1. The van der Waals surface area contributed by atoms with Crippen LogP contribution >= 0.6 is 11.3 Å². The molecule has 64 heavy (non-hydrogen) atoms. The summed E-state index contributed by atoms with van der Waals surface area (Å²) in [5, 5.41) is 7.50. The van der Waals surface area contributed by atoms with Crippen LogP contribution in [-0.2, 0) is 5.41 Å². The standard InChI is InChI=1S/C61H41NOS/c1-61(2)54-18-7-5-14-52(54)58-46(15-10-19-55(58)61)40-23-31-44(32-24-40)62(43-29-21-38(22-30-43)42-28-36-57-53(37-42)49-13-6-8-20-56(49)63-57)45-33-25-41(26-34-45)48-16-9-17-50-51-35-27-39-11-3-4-12-47(39)60(51)64-59(48)50/h3-37H,1-2H3. The SMILES string of the molecule is CC1(C)c2ccccc2-c2c(-c3ccc(N(c4ccc(-c5ccc6oc7ccccc7c6c5)cc4)c4ccc(-c5cccc6c5sc5c7ccccc7ccc65)cc4)cc3)cccc21. The van der Waals surface area contributed by atoms with E-state index in [2.05, 4.69) is 219 Å². The first-order chi connectivity index (χ1) is 31.5. The zero-order valence-electron chi connectivity index (χ0n) is 35.5. The van der Waals surface area contributed by atoms with E-state index < -0.39 is 0 Å². The van der Waals surface area contributed by atoms with E-state index in [9.17, 15) is 0 Å². The normalized spacial score (nSPS) is 13.0. The summed E-state index contributed by atoms with van der Waals surface area (Å²) in [4.78, 5) is 2.38. The fraction of sp³-hybridized carbons (Fsp3) is 0.0492. The van der Waals surface area contributed by atoms with E-state index in [1.54, 1.807) is 0 Å². The molecule has 12 aromatic rings. The molecule has 13 rings (SSSR count). The highest BCUT2D eigenvalue weighted by Gasteiger charge is 2.36. The van der Waals surface area contributed by atoms with Crippen molar-refractivity contribution < 1.29 is 4.42 Å². The molecule has 0 saturated carbocycles. The monoisotopic (exact) mass is 835 g/mol. The molecule has 10 aromatic carbocycles. The average Bonchev–Trinajstić information content (AvgIpc) is 4.00. The summed E-state index contributed by atoms with van der Waals surface area (Å²) in [5.74, 6) is 0. The number of nitrogens with zero attached hydrogens (tertiary/aromatic N) is 1. The number of thiophene rings is 1. The van der Waals surface area contributed by atoms with Crippen LogP contribution in [0.2, 0.25) is 0 Å². The highest BCUT2D eigenvalue weighted by Crippen LogP contribution is 2.52. The van der Waals surface area contributed by atoms with Gasteiger partial charge in [0.2, 0.25) is 0 Å². The zero-order chi connectivity index (χ0) is 42.5. The minimum Gasteiger partial charge on any atom is -0.456 e. The Hall–Kier alpha value is -7.72. The minimum atomic E-state index is -0.0497. The maximum absolute atomic E-state index is 6.16. The van der Waals surface area contributed by atoms with Crippen molar-refractivity contribution in [1.82, 2.24) is 0 Å². The van der Waals surface area contributed by atoms with Crippen LogP contribution < -0.4 is 4.90 Å². The van der Waals surface area contributed by atoms with Crippen molar-refractivity contribution >= 4 is 81.3 Å². The van der Waals surface area contributed by atoms with Gasteiger partial charge in [-0.15, -0.1) is 11.3 Å². The topological polar surface area (TPSA) is 16.4 Å². The quantitative estimate of drug-likeness (QED) is 0.166. The van der Waals surface area contributed by atoms with Crippen molar-refractivity contribution in [1.29, 1.82) is 0 Å². The zero-order valence-corrected chi connectivity index (χ0v) is 36.3. The molecule has 0 bridgehead atoms. The second-order valence-electron chi connectivity index (χ2n) is 17.6. The van der Waals surface area contributed by atoms with Gasteiger partial charge in [-0.1, -0.05) is 172 Å². The van der Waals surface area contributed by atoms with E-state index in [0.717, 1.165) is 50.1 Å². The molecule has 2 heterocycles. The molecule has 0 aliphatic heterocycles. The maximum Gasteiger partial charge on any atom is 0.135 e. The molecule has 1 aliphatic carbocycles. The van der Waals surface area contributed by atoms with Crippen LogP contribution in [0, 0.1) is 0 Å². The Morgan fingerprint density at radius 1 is 0.375 bits per heavy atom. The molecule has 2 nitrogen and oxygen atoms in total. The molecule has 3 heteroatoms. The van der Waals surface area contributed by atoms with Crippen LogP contribution in [0.5, 0.6) is 0 Å². The van der Waals surface area contributed by atoms with E-state index in [1.165, 1.54) is 75.5 Å². The van der Waals surface area contributed by atoms with Gasteiger partial charge in [0.25, 0.3) is 0 Å². The molecule has 0 spiro atoms. The molecule has 1 aliphatic rings. The third-order valence-electron chi connectivity index (χ3n) is 13.7. The Balaban J connectivity index is 0.907. The second kappa shape index (κ2) is 14.2. The highest BCUT2D eigenvalue weighted by molar-refractivity contribution is 7.27. The minimum absolute atomic E-state index is 0.0497. The Bertz CT molecular complexity index is 3800. The van der Waals surface area contributed by atoms with Gasteiger partial charge in [-0.05, 0) is 121 Å². The Morgan fingerprint density at radius 3 is 1.70 bits per heavy atom. The van der Waals surface area contributed by atoms with Crippen LogP contribution in [0.15, 0.2) is 217 Å². The van der Waals surface area contributed by atoms with E-state index in [1.807, 2.05) is 23.5 Å². The maximum atomic E-state index is 6.16. The summed E-state index contributed by atoms with van der Waals surface area (Å²) in [7, 11) is 0. The van der Waals surface area contributed by atoms with Crippen molar-refractivity contribution in [3.05, 3.63) is 223 Å². The largest absolute Gasteiger partial charge is 0.456 e. The summed E-state index contributed by atoms with van der Waals surface area (Å²) in [5.41, 5.74) is 17.8. The first-order valence-corrected chi connectivity index (χ1v) is 22.9. The molecule has 0 unspecified atom stereocenters. The Kier molecular flexibility index (Phi) is 8.16. The van der Waals surface area contributed by atoms with Crippen LogP contribution in [0.1, 0.15) is 25.0 Å². The predicted molar refractivity (Wildman–Crippen MR) is 273 cm³/mol. The highest BCUT2D eigenvalue weighted by atomic mass is 32.1. The fourth-order valence-electron chi connectivity index (χ4n) is 10.5. The van der Waals surface area contributed by atoms with Gasteiger partial charge in [0.05, 0.1) is 0 Å². The van der Waals surface area contributed by atoms with E-state index in [-0.39, 0.29) is 5.41 Å².